The van der Waals surface area contributed by atoms with Gasteiger partial charge in [-0.15, -0.1) is 6.42 Å². The van der Waals surface area contributed by atoms with E-state index in [0.29, 0.717) is 0 Å². The minimum absolute atomic E-state index is 0.118. The van der Waals surface area contributed by atoms with Gasteiger partial charge in [-0.2, -0.15) is 0 Å². The summed E-state index contributed by atoms with van der Waals surface area (Å²) in [6.45, 7) is 0.206. The molecule has 0 heterocycles. The number of likely N-dealkylation sites (N-methyl/N-ethyl adjacent to an activating group) is 1. The zero-order valence-electron chi connectivity index (χ0n) is 7.65. The second kappa shape index (κ2) is 3.79. The number of carbonyl (C=O) groups excluding carboxylic acids is 2. The number of aliphatic hydroxyl groups excluding tert-OH is 1. The van der Waals surface area contributed by atoms with E-state index in [0.717, 1.165) is 12.2 Å². The summed E-state index contributed by atoms with van der Waals surface area (Å²) in [6.07, 6.45) is 7.10. The van der Waals surface area contributed by atoms with E-state index in [1.807, 2.05) is 0 Å². The minimum Gasteiger partial charge on any atom is -0.504 e. The van der Waals surface area contributed by atoms with Crippen molar-refractivity contribution in [2.75, 3.05) is 13.6 Å². The predicted octanol–water partition coefficient (Wildman–Crippen LogP) is 0.0290. The standard InChI is InChI=1S/C10H9NO3/c1-3-4-11(2)8-5-7(12)6-9(13)10(8)14/h1,5-6,13H,4H2,2H3. The van der Waals surface area contributed by atoms with E-state index in [4.69, 9.17) is 11.5 Å². The topological polar surface area (TPSA) is 57.6 Å². The molecule has 4 nitrogen and oxygen atoms in total. The lowest BCUT2D eigenvalue weighted by Gasteiger charge is -2.19. The lowest BCUT2D eigenvalue weighted by atomic mass is 10.1. The average Bonchev–Trinajstić information content (AvgIpc) is 2.11. The van der Waals surface area contributed by atoms with Crippen molar-refractivity contribution in [3.05, 3.63) is 23.6 Å². The van der Waals surface area contributed by atoms with E-state index in [9.17, 15) is 9.59 Å². The highest BCUT2D eigenvalue weighted by atomic mass is 16.3. The van der Waals surface area contributed by atoms with Crippen molar-refractivity contribution < 1.29 is 14.7 Å². The van der Waals surface area contributed by atoms with Crippen LogP contribution in [0.5, 0.6) is 0 Å². The molecule has 72 valence electrons. The molecule has 0 aromatic rings. The van der Waals surface area contributed by atoms with E-state index < -0.39 is 17.3 Å². The molecule has 0 aromatic carbocycles. The first-order valence-electron chi connectivity index (χ1n) is 3.92. The van der Waals surface area contributed by atoms with Crippen LogP contribution in [-0.4, -0.2) is 35.2 Å². The second-order valence-electron chi connectivity index (χ2n) is 2.85. The molecule has 0 saturated carbocycles. The normalized spacial score (nSPS) is 15.7. The Kier molecular flexibility index (Phi) is 2.73. The van der Waals surface area contributed by atoms with Crippen molar-refractivity contribution in [3.8, 4) is 12.3 Å². The smallest absolute Gasteiger partial charge is 0.243 e. The summed E-state index contributed by atoms with van der Waals surface area (Å²) in [4.78, 5) is 23.8. The Labute approximate surface area is 81.5 Å². The van der Waals surface area contributed by atoms with Crippen LogP contribution in [-0.2, 0) is 9.59 Å². The van der Waals surface area contributed by atoms with Gasteiger partial charge in [0.25, 0.3) is 0 Å². The fraction of sp³-hybridized carbons (Fsp3) is 0.200. The third-order valence-electron chi connectivity index (χ3n) is 1.76. The molecule has 0 unspecified atom stereocenters. The molecule has 0 saturated heterocycles. The number of hydrogen-bond acceptors (Lipinski definition) is 4. The molecule has 4 heteroatoms. The number of Topliss-reactive ketones (excluding diaryl/α,β-unsaturated/α-hetero) is 1. The van der Waals surface area contributed by atoms with Gasteiger partial charge in [0.1, 0.15) is 0 Å². The molecule has 1 rings (SSSR count). The maximum absolute atomic E-state index is 11.3. The van der Waals surface area contributed by atoms with Crippen LogP contribution in [0.1, 0.15) is 0 Å². The number of allylic oxidation sites excluding steroid dienone is 2. The number of ketones is 2. The van der Waals surface area contributed by atoms with Gasteiger partial charge in [0.2, 0.25) is 5.78 Å². The molecular weight excluding hydrogens is 182 g/mol. The quantitative estimate of drug-likeness (QED) is 0.494. The fourth-order valence-electron chi connectivity index (χ4n) is 1.08. The number of aliphatic hydroxyl groups is 1. The van der Waals surface area contributed by atoms with Gasteiger partial charge in [0, 0.05) is 19.2 Å². The molecule has 1 aliphatic carbocycles. The molecule has 0 aromatic heterocycles. The van der Waals surface area contributed by atoms with Crippen molar-refractivity contribution >= 4 is 11.6 Å². The summed E-state index contributed by atoms with van der Waals surface area (Å²) in [6, 6.07) is 0. The van der Waals surface area contributed by atoms with Gasteiger partial charge in [0.05, 0.1) is 12.2 Å². The summed E-state index contributed by atoms with van der Waals surface area (Å²) >= 11 is 0. The highest BCUT2D eigenvalue weighted by molar-refractivity contribution is 6.18. The monoisotopic (exact) mass is 191 g/mol. The van der Waals surface area contributed by atoms with Crippen LogP contribution >= 0.6 is 0 Å². The Bertz CT molecular complexity index is 385. The fourth-order valence-corrected chi connectivity index (χ4v) is 1.08. The first-order chi connectivity index (χ1) is 6.56. The van der Waals surface area contributed by atoms with Gasteiger partial charge in [-0.25, -0.2) is 0 Å². The van der Waals surface area contributed by atoms with Crippen LogP contribution in [0.2, 0.25) is 0 Å². The average molecular weight is 191 g/mol. The Morgan fingerprint density at radius 2 is 2.14 bits per heavy atom. The lowest BCUT2D eigenvalue weighted by Crippen LogP contribution is -2.28. The van der Waals surface area contributed by atoms with E-state index in [-0.39, 0.29) is 12.2 Å². The summed E-state index contributed by atoms with van der Waals surface area (Å²) < 4.78 is 0. The summed E-state index contributed by atoms with van der Waals surface area (Å²) in [5.41, 5.74) is 0.118. The van der Waals surface area contributed by atoms with Gasteiger partial charge in [0.15, 0.2) is 11.5 Å². The molecule has 0 fully saturated rings. The summed E-state index contributed by atoms with van der Waals surface area (Å²) in [7, 11) is 1.58. The second-order valence-corrected chi connectivity index (χ2v) is 2.85. The van der Waals surface area contributed by atoms with Crippen molar-refractivity contribution in [1.29, 1.82) is 0 Å². The number of hydrogen-bond donors (Lipinski definition) is 1. The SMILES string of the molecule is C#CCN(C)C1=CC(=O)C=C(O)C1=O. The van der Waals surface area contributed by atoms with Crippen LogP contribution in [0.15, 0.2) is 23.6 Å². The van der Waals surface area contributed by atoms with E-state index in [1.165, 1.54) is 4.90 Å². The van der Waals surface area contributed by atoms with Crippen molar-refractivity contribution in [3.63, 3.8) is 0 Å². The van der Waals surface area contributed by atoms with Gasteiger partial charge < -0.3 is 10.0 Å². The third-order valence-corrected chi connectivity index (χ3v) is 1.76. The van der Waals surface area contributed by atoms with E-state index >= 15 is 0 Å². The van der Waals surface area contributed by atoms with Crippen molar-refractivity contribution in [1.82, 2.24) is 4.90 Å². The maximum Gasteiger partial charge on any atom is 0.243 e. The largest absolute Gasteiger partial charge is 0.504 e. The van der Waals surface area contributed by atoms with Crippen molar-refractivity contribution in [2.45, 2.75) is 0 Å². The molecular formula is C10H9NO3. The Morgan fingerprint density at radius 1 is 1.50 bits per heavy atom. The van der Waals surface area contributed by atoms with Crippen LogP contribution < -0.4 is 0 Å². The Balaban J connectivity index is 2.95. The van der Waals surface area contributed by atoms with Crippen LogP contribution in [0.25, 0.3) is 0 Å². The van der Waals surface area contributed by atoms with E-state index in [2.05, 4.69) is 5.92 Å². The summed E-state index contributed by atoms with van der Waals surface area (Å²) in [5.74, 6) is 0.794. The molecule has 0 spiro atoms. The van der Waals surface area contributed by atoms with Crippen LogP contribution in [0.4, 0.5) is 0 Å². The zero-order chi connectivity index (χ0) is 10.7. The van der Waals surface area contributed by atoms with Gasteiger partial charge in [-0.3, -0.25) is 9.59 Å². The maximum atomic E-state index is 11.3. The van der Waals surface area contributed by atoms with Gasteiger partial charge in [-0.1, -0.05) is 5.92 Å². The predicted molar refractivity (Wildman–Crippen MR) is 50.3 cm³/mol. The van der Waals surface area contributed by atoms with Crippen LogP contribution in [0.3, 0.4) is 0 Å². The van der Waals surface area contributed by atoms with Crippen LogP contribution in [0, 0.1) is 12.3 Å². The highest BCUT2D eigenvalue weighted by Crippen LogP contribution is 2.13. The number of nitrogens with zero attached hydrogens (tertiary/aromatic N) is 1. The number of terminal acetylenes is 1. The van der Waals surface area contributed by atoms with Gasteiger partial charge in [-0.05, 0) is 0 Å². The molecule has 1 aliphatic rings. The molecule has 0 aliphatic heterocycles. The molecule has 0 radical (unpaired) electrons. The first kappa shape index (κ1) is 10.1. The number of rotatable bonds is 2. The summed E-state index contributed by atoms with van der Waals surface area (Å²) in [5, 5.41) is 9.11. The first-order valence-corrected chi connectivity index (χ1v) is 3.92. The third kappa shape index (κ3) is 1.83. The lowest BCUT2D eigenvalue weighted by molar-refractivity contribution is -0.118. The molecule has 0 bridgehead atoms. The number of carbonyl (C=O) groups is 2. The van der Waals surface area contributed by atoms with Gasteiger partial charge >= 0.3 is 0 Å². The molecule has 0 amide bonds. The Morgan fingerprint density at radius 3 is 2.71 bits per heavy atom. The zero-order valence-corrected chi connectivity index (χ0v) is 7.65. The molecule has 0 atom stereocenters. The van der Waals surface area contributed by atoms with E-state index in [1.54, 1.807) is 7.05 Å². The Hall–Kier alpha value is -2.02. The van der Waals surface area contributed by atoms with Crippen molar-refractivity contribution in [2.24, 2.45) is 0 Å². The minimum atomic E-state index is -0.581. The highest BCUT2D eigenvalue weighted by Gasteiger charge is 2.23. The molecule has 1 N–H and O–H groups in total. The molecule has 14 heavy (non-hydrogen) atoms.